The molecule has 6 heteroatoms. The molecule has 0 bridgehead atoms. The van der Waals surface area contributed by atoms with Gasteiger partial charge in [-0.1, -0.05) is 18.7 Å². The number of aromatic nitrogens is 1. The molecule has 1 atom stereocenters. The standard InChI is InChI=1S/C20H25NO5/c1-6-20(5,19(22)23-7-2)25-16-10-8-15(9-11-16)24-13-17-12-18(14(3)4)21-26-17/h8-12H,3,6-7,13H2,1-2,4-5H3. The van der Waals surface area contributed by atoms with Crippen molar-refractivity contribution >= 4 is 11.5 Å². The molecule has 0 aliphatic heterocycles. The molecular formula is C20H25NO5. The normalized spacial score (nSPS) is 12.9. The molecule has 26 heavy (non-hydrogen) atoms. The summed E-state index contributed by atoms with van der Waals surface area (Å²) in [6, 6.07) is 8.84. The summed E-state index contributed by atoms with van der Waals surface area (Å²) in [5, 5.41) is 3.91. The summed E-state index contributed by atoms with van der Waals surface area (Å²) >= 11 is 0. The first-order valence-electron chi connectivity index (χ1n) is 8.58. The minimum Gasteiger partial charge on any atom is -0.486 e. The van der Waals surface area contributed by atoms with E-state index in [-0.39, 0.29) is 12.6 Å². The van der Waals surface area contributed by atoms with Crippen LogP contribution < -0.4 is 9.47 Å². The first-order valence-corrected chi connectivity index (χ1v) is 8.58. The van der Waals surface area contributed by atoms with Gasteiger partial charge in [0.05, 0.1) is 6.61 Å². The average molecular weight is 359 g/mol. The van der Waals surface area contributed by atoms with Crippen LogP contribution in [0.2, 0.25) is 0 Å². The maximum absolute atomic E-state index is 12.1. The van der Waals surface area contributed by atoms with Crippen LogP contribution in [-0.2, 0) is 16.1 Å². The number of nitrogens with zero attached hydrogens (tertiary/aromatic N) is 1. The monoisotopic (exact) mass is 359 g/mol. The first-order chi connectivity index (χ1) is 12.4. The van der Waals surface area contributed by atoms with Crippen LogP contribution >= 0.6 is 0 Å². The molecule has 1 aromatic heterocycles. The summed E-state index contributed by atoms with van der Waals surface area (Å²) < 4.78 is 21.8. The van der Waals surface area contributed by atoms with E-state index in [9.17, 15) is 4.79 Å². The summed E-state index contributed by atoms with van der Waals surface area (Å²) in [5.41, 5.74) is 0.532. The van der Waals surface area contributed by atoms with E-state index in [1.54, 1.807) is 44.2 Å². The van der Waals surface area contributed by atoms with E-state index in [1.165, 1.54) is 0 Å². The zero-order valence-electron chi connectivity index (χ0n) is 15.7. The lowest BCUT2D eigenvalue weighted by molar-refractivity contribution is -0.160. The van der Waals surface area contributed by atoms with Gasteiger partial charge in [0, 0.05) is 6.07 Å². The number of rotatable bonds is 9. The maximum atomic E-state index is 12.1. The van der Waals surface area contributed by atoms with Crippen molar-refractivity contribution in [1.82, 2.24) is 5.16 Å². The predicted octanol–water partition coefficient (Wildman–Crippen LogP) is 4.40. The summed E-state index contributed by atoms with van der Waals surface area (Å²) in [6.45, 7) is 11.6. The molecule has 0 aliphatic carbocycles. The number of allylic oxidation sites excluding steroid dienone is 1. The van der Waals surface area contributed by atoms with E-state index in [1.807, 2.05) is 13.8 Å². The van der Waals surface area contributed by atoms with E-state index >= 15 is 0 Å². The topological polar surface area (TPSA) is 70.8 Å². The fourth-order valence-corrected chi connectivity index (χ4v) is 2.14. The second kappa shape index (κ2) is 8.56. The highest BCUT2D eigenvalue weighted by molar-refractivity contribution is 5.79. The van der Waals surface area contributed by atoms with Crippen molar-refractivity contribution in [2.24, 2.45) is 0 Å². The highest BCUT2D eigenvalue weighted by atomic mass is 16.6. The van der Waals surface area contributed by atoms with Crippen molar-refractivity contribution in [3.05, 3.63) is 48.4 Å². The van der Waals surface area contributed by atoms with Crippen molar-refractivity contribution in [3.8, 4) is 11.5 Å². The third kappa shape index (κ3) is 4.88. The van der Waals surface area contributed by atoms with E-state index in [2.05, 4.69) is 11.7 Å². The van der Waals surface area contributed by atoms with Crippen molar-refractivity contribution < 1.29 is 23.5 Å². The van der Waals surface area contributed by atoms with Crippen LogP contribution in [0.25, 0.3) is 5.57 Å². The van der Waals surface area contributed by atoms with Crippen LogP contribution in [0.5, 0.6) is 11.5 Å². The zero-order valence-corrected chi connectivity index (χ0v) is 15.7. The molecule has 0 amide bonds. The molecule has 140 valence electrons. The van der Waals surface area contributed by atoms with Crippen LogP contribution in [-0.4, -0.2) is 23.3 Å². The third-order valence-corrected chi connectivity index (χ3v) is 3.93. The van der Waals surface area contributed by atoms with Gasteiger partial charge < -0.3 is 18.7 Å². The van der Waals surface area contributed by atoms with Gasteiger partial charge in [-0.25, -0.2) is 4.79 Å². The number of ether oxygens (including phenoxy) is 3. The Morgan fingerprint density at radius 2 is 1.88 bits per heavy atom. The molecule has 0 spiro atoms. The number of carbonyl (C=O) groups is 1. The van der Waals surface area contributed by atoms with Gasteiger partial charge in [-0.05, 0) is 57.0 Å². The van der Waals surface area contributed by atoms with Crippen LogP contribution in [0, 0.1) is 0 Å². The largest absolute Gasteiger partial charge is 0.486 e. The average Bonchev–Trinajstić information content (AvgIpc) is 3.10. The maximum Gasteiger partial charge on any atom is 0.350 e. The first kappa shape index (κ1) is 19.6. The van der Waals surface area contributed by atoms with Crippen molar-refractivity contribution in [2.75, 3.05) is 6.61 Å². The van der Waals surface area contributed by atoms with Gasteiger partial charge in [0.25, 0.3) is 0 Å². The van der Waals surface area contributed by atoms with Gasteiger partial charge >= 0.3 is 5.97 Å². The van der Waals surface area contributed by atoms with Crippen LogP contribution in [0.3, 0.4) is 0 Å². The Bertz CT molecular complexity index is 750. The third-order valence-electron chi connectivity index (χ3n) is 3.93. The second-order valence-electron chi connectivity index (χ2n) is 6.13. The molecule has 1 unspecified atom stereocenters. The molecule has 0 N–H and O–H groups in total. The smallest absolute Gasteiger partial charge is 0.350 e. The molecule has 0 saturated carbocycles. The Morgan fingerprint density at radius 3 is 2.42 bits per heavy atom. The molecule has 0 radical (unpaired) electrons. The molecule has 0 fully saturated rings. The summed E-state index contributed by atoms with van der Waals surface area (Å²) in [4.78, 5) is 12.1. The highest BCUT2D eigenvalue weighted by Gasteiger charge is 2.35. The lowest BCUT2D eigenvalue weighted by Crippen LogP contribution is -2.42. The van der Waals surface area contributed by atoms with E-state index in [0.717, 1.165) is 5.57 Å². The molecule has 2 aromatic rings. The molecule has 2 rings (SSSR count). The quantitative estimate of drug-likeness (QED) is 0.618. The van der Waals surface area contributed by atoms with Crippen molar-refractivity contribution in [1.29, 1.82) is 0 Å². The van der Waals surface area contributed by atoms with Gasteiger partial charge in [0.1, 0.15) is 23.8 Å². The fraction of sp³-hybridized carbons (Fsp3) is 0.400. The second-order valence-corrected chi connectivity index (χ2v) is 6.13. The highest BCUT2D eigenvalue weighted by Crippen LogP contribution is 2.25. The van der Waals surface area contributed by atoms with Gasteiger partial charge in [-0.2, -0.15) is 0 Å². The van der Waals surface area contributed by atoms with Crippen LogP contribution in [0.15, 0.2) is 41.4 Å². The minimum absolute atomic E-state index is 0.260. The summed E-state index contributed by atoms with van der Waals surface area (Å²) in [5.74, 6) is 1.46. The van der Waals surface area contributed by atoms with Crippen molar-refractivity contribution in [2.45, 2.75) is 46.3 Å². The zero-order chi connectivity index (χ0) is 19.2. The van der Waals surface area contributed by atoms with Crippen LogP contribution in [0.1, 0.15) is 45.6 Å². The SMILES string of the molecule is C=C(C)c1cc(COc2ccc(OC(C)(CC)C(=O)OCC)cc2)on1. The lowest BCUT2D eigenvalue weighted by Gasteiger charge is -2.27. The number of esters is 1. The number of hydrogen-bond donors (Lipinski definition) is 0. The number of hydrogen-bond acceptors (Lipinski definition) is 6. The molecule has 1 aromatic carbocycles. The minimum atomic E-state index is -1.02. The molecule has 1 heterocycles. The Morgan fingerprint density at radius 1 is 1.23 bits per heavy atom. The molecule has 6 nitrogen and oxygen atoms in total. The molecule has 0 saturated heterocycles. The van der Waals surface area contributed by atoms with Crippen LogP contribution in [0.4, 0.5) is 0 Å². The van der Waals surface area contributed by atoms with Gasteiger partial charge in [0.2, 0.25) is 5.60 Å². The molecule has 0 aliphatic rings. The summed E-state index contributed by atoms with van der Waals surface area (Å²) in [6.07, 6.45) is 0.501. The Hall–Kier alpha value is -2.76. The van der Waals surface area contributed by atoms with Gasteiger partial charge in [-0.3, -0.25) is 0 Å². The fourth-order valence-electron chi connectivity index (χ4n) is 2.14. The Labute approximate surface area is 153 Å². The number of carbonyl (C=O) groups excluding carboxylic acids is 1. The predicted molar refractivity (Wildman–Crippen MR) is 97.9 cm³/mol. The lowest BCUT2D eigenvalue weighted by atomic mass is 10.0. The van der Waals surface area contributed by atoms with Gasteiger partial charge in [-0.15, -0.1) is 0 Å². The van der Waals surface area contributed by atoms with Crippen molar-refractivity contribution in [3.63, 3.8) is 0 Å². The summed E-state index contributed by atoms with van der Waals surface area (Å²) in [7, 11) is 0. The van der Waals surface area contributed by atoms with Gasteiger partial charge in [0.15, 0.2) is 5.76 Å². The van der Waals surface area contributed by atoms with E-state index in [4.69, 9.17) is 18.7 Å². The Kier molecular flexibility index (Phi) is 6.44. The molecular weight excluding hydrogens is 334 g/mol. The number of benzene rings is 1. The van der Waals surface area contributed by atoms with E-state index < -0.39 is 5.60 Å². The Balaban J connectivity index is 1.96. The van der Waals surface area contributed by atoms with E-state index in [0.29, 0.717) is 36.0 Å².